The maximum absolute atomic E-state index is 11.9. The lowest BCUT2D eigenvalue weighted by Gasteiger charge is -2.07. The van der Waals surface area contributed by atoms with Gasteiger partial charge in [0.05, 0.1) is 15.9 Å². The molecule has 0 bridgehead atoms. The molecule has 0 spiro atoms. The van der Waals surface area contributed by atoms with E-state index in [1.165, 1.54) is 0 Å². The van der Waals surface area contributed by atoms with E-state index < -0.39 is 0 Å². The van der Waals surface area contributed by atoms with Crippen molar-refractivity contribution in [3.63, 3.8) is 0 Å². The number of aromatic nitrogens is 2. The molecule has 18 heavy (non-hydrogen) atoms. The third kappa shape index (κ3) is 3.92. The number of ketones is 1. The molecular formula is C13H22BrN3O. The van der Waals surface area contributed by atoms with Crippen molar-refractivity contribution in [3.8, 4) is 0 Å². The molecular weight excluding hydrogens is 294 g/mol. The molecule has 1 aromatic heterocycles. The average molecular weight is 316 g/mol. The second kappa shape index (κ2) is 7.04. The van der Waals surface area contributed by atoms with E-state index in [9.17, 15) is 4.79 Å². The second-order valence-corrected chi connectivity index (χ2v) is 5.57. The molecule has 102 valence electrons. The first kappa shape index (κ1) is 15.4. The minimum absolute atomic E-state index is 0.252. The Morgan fingerprint density at radius 2 is 2.22 bits per heavy atom. The molecule has 1 unspecified atom stereocenters. The molecule has 0 radical (unpaired) electrons. The zero-order valence-electron chi connectivity index (χ0n) is 11.4. The molecule has 5 heteroatoms. The fourth-order valence-corrected chi connectivity index (χ4v) is 2.57. The van der Waals surface area contributed by atoms with Crippen molar-refractivity contribution in [3.05, 3.63) is 15.9 Å². The molecule has 0 aliphatic heterocycles. The Labute approximate surface area is 117 Å². The van der Waals surface area contributed by atoms with E-state index >= 15 is 0 Å². The first-order chi connectivity index (χ1) is 8.49. The van der Waals surface area contributed by atoms with E-state index in [0.29, 0.717) is 25.3 Å². The van der Waals surface area contributed by atoms with Gasteiger partial charge in [-0.15, -0.1) is 0 Å². The summed E-state index contributed by atoms with van der Waals surface area (Å²) in [7, 11) is 1.88. The van der Waals surface area contributed by atoms with Crippen molar-refractivity contribution in [1.29, 1.82) is 0 Å². The predicted octanol–water partition coefficient (Wildman–Crippen LogP) is 2.23. The van der Waals surface area contributed by atoms with Gasteiger partial charge in [0.2, 0.25) is 0 Å². The van der Waals surface area contributed by atoms with Gasteiger partial charge in [0.1, 0.15) is 5.78 Å². The predicted molar refractivity (Wildman–Crippen MR) is 76.4 cm³/mol. The lowest BCUT2D eigenvalue weighted by atomic mass is 10.0. The van der Waals surface area contributed by atoms with Gasteiger partial charge >= 0.3 is 0 Å². The van der Waals surface area contributed by atoms with Crippen LogP contribution >= 0.6 is 15.9 Å². The number of hydrogen-bond acceptors (Lipinski definition) is 3. The number of aryl methyl sites for hydroxylation is 2. The van der Waals surface area contributed by atoms with E-state index in [1.807, 2.05) is 7.05 Å². The molecule has 1 rings (SSSR count). The molecule has 0 aliphatic rings. The van der Waals surface area contributed by atoms with E-state index in [2.05, 4.69) is 34.9 Å². The average Bonchev–Trinajstić information content (AvgIpc) is 2.63. The fraction of sp³-hybridized carbons (Fsp3) is 0.692. The minimum Gasteiger partial charge on any atom is -0.330 e. The first-order valence-corrected chi connectivity index (χ1v) is 7.20. The number of rotatable bonds is 7. The van der Waals surface area contributed by atoms with Gasteiger partial charge in [0.25, 0.3) is 0 Å². The lowest BCUT2D eigenvalue weighted by Crippen LogP contribution is -2.14. The number of nitrogens with zero attached hydrogens (tertiary/aromatic N) is 2. The maximum Gasteiger partial charge on any atom is 0.138 e. The maximum atomic E-state index is 11.9. The Kier molecular flexibility index (Phi) is 6.02. The molecule has 0 saturated heterocycles. The molecule has 1 aromatic rings. The molecule has 1 atom stereocenters. The molecule has 1 heterocycles. The Balaban J connectivity index is 2.62. The number of halogens is 1. The van der Waals surface area contributed by atoms with Crippen LogP contribution in [0.2, 0.25) is 0 Å². The van der Waals surface area contributed by atoms with Gasteiger partial charge in [-0.1, -0.05) is 13.8 Å². The van der Waals surface area contributed by atoms with Crippen molar-refractivity contribution in [1.82, 2.24) is 9.78 Å². The smallest absolute Gasteiger partial charge is 0.138 e. The Morgan fingerprint density at radius 3 is 2.72 bits per heavy atom. The largest absolute Gasteiger partial charge is 0.330 e. The molecule has 0 saturated carbocycles. The van der Waals surface area contributed by atoms with E-state index in [4.69, 9.17) is 5.73 Å². The van der Waals surface area contributed by atoms with Crippen LogP contribution in [0.4, 0.5) is 0 Å². The van der Waals surface area contributed by atoms with Gasteiger partial charge in [-0.05, 0) is 41.2 Å². The van der Waals surface area contributed by atoms with Crippen LogP contribution in [0.25, 0.3) is 0 Å². The van der Waals surface area contributed by atoms with Crippen molar-refractivity contribution >= 4 is 21.7 Å². The summed E-state index contributed by atoms with van der Waals surface area (Å²) in [4.78, 5) is 11.9. The number of nitrogens with two attached hydrogens (primary N) is 1. The van der Waals surface area contributed by atoms with Crippen LogP contribution in [0, 0.1) is 5.92 Å². The normalized spacial score (nSPS) is 12.7. The summed E-state index contributed by atoms with van der Waals surface area (Å²) in [5.41, 5.74) is 7.53. The monoisotopic (exact) mass is 315 g/mol. The van der Waals surface area contributed by atoms with Crippen molar-refractivity contribution in [2.75, 3.05) is 6.54 Å². The number of hydrogen-bond donors (Lipinski definition) is 1. The first-order valence-electron chi connectivity index (χ1n) is 6.41. The van der Waals surface area contributed by atoms with Crippen LogP contribution in [0.3, 0.4) is 0 Å². The fourth-order valence-electron chi connectivity index (χ4n) is 1.81. The van der Waals surface area contributed by atoms with Crippen LogP contribution < -0.4 is 5.73 Å². The Hall–Kier alpha value is -0.680. The highest BCUT2D eigenvalue weighted by atomic mass is 79.9. The standard InChI is InChI=1S/C13H22BrN3O/c1-4-11-13(14)12(17(3)16-11)7-10(18)6-5-9(2)8-15/h9H,4-8,15H2,1-3H3. The molecule has 2 N–H and O–H groups in total. The van der Waals surface area contributed by atoms with Crippen LogP contribution in [0.15, 0.2) is 4.47 Å². The highest BCUT2D eigenvalue weighted by Crippen LogP contribution is 2.22. The van der Waals surface area contributed by atoms with Crippen molar-refractivity contribution < 1.29 is 4.79 Å². The number of carbonyl (C=O) groups is 1. The minimum atomic E-state index is 0.252. The summed E-state index contributed by atoms with van der Waals surface area (Å²) >= 11 is 3.53. The zero-order chi connectivity index (χ0) is 13.7. The summed E-state index contributed by atoms with van der Waals surface area (Å²) in [5.74, 6) is 0.664. The third-order valence-corrected chi connectivity index (χ3v) is 4.10. The van der Waals surface area contributed by atoms with Gasteiger partial charge in [-0.25, -0.2) is 0 Å². The van der Waals surface area contributed by atoms with Gasteiger partial charge in [0, 0.05) is 19.9 Å². The Morgan fingerprint density at radius 1 is 1.56 bits per heavy atom. The number of Topliss-reactive ketones (excluding diaryl/α,β-unsaturated/α-hetero) is 1. The summed E-state index contributed by atoms with van der Waals surface area (Å²) in [6.45, 7) is 4.77. The van der Waals surface area contributed by atoms with Gasteiger partial charge < -0.3 is 5.73 Å². The summed E-state index contributed by atoms with van der Waals surface area (Å²) < 4.78 is 2.78. The molecule has 4 nitrogen and oxygen atoms in total. The molecule has 0 amide bonds. The van der Waals surface area contributed by atoms with Crippen molar-refractivity contribution in [2.45, 2.75) is 39.5 Å². The highest BCUT2D eigenvalue weighted by molar-refractivity contribution is 9.10. The van der Waals surface area contributed by atoms with Crippen LogP contribution in [0.1, 0.15) is 38.1 Å². The van der Waals surface area contributed by atoms with E-state index in [-0.39, 0.29) is 5.78 Å². The highest BCUT2D eigenvalue weighted by Gasteiger charge is 2.16. The quantitative estimate of drug-likeness (QED) is 0.839. The van der Waals surface area contributed by atoms with Crippen LogP contribution in [-0.2, 0) is 24.7 Å². The zero-order valence-corrected chi connectivity index (χ0v) is 13.0. The summed E-state index contributed by atoms with van der Waals surface area (Å²) in [6.07, 6.45) is 2.77. The SMILES string of the molecule is CCc1nn(C)c(CC(=O)CCC(C)CN)c1Br. The van der Waals surface area contributed by atoms with E-state index in [1.54, 1.807) is 4.68 Å². The molecule has 0 aromatic carbocycles. The van der Waals surface area contributed by atoms with E-state index in [0.717, 1.165) is 28.7 Å². The molecule has 0 aliphatic carbocycles. The van der Waals surface area contributed by atoms with Crippen LogP contribution in [-0.4, -0.2) is 22.1 Å². The van der Waals surface area contributed by atoms with Gasteiger partial charge in [0.15, 0.2) is 0 Å². The molecule has 0 fully saturated rings. The van der Waals surface area contributed by atoms with Crippen LogP contribution in [0.5, 0.6) is 0 Å². The van der Waals surface area contributed by atoms with Crippen molar-refractivity contribution in [2.24, 2.45) is 18.7 Å². The topological polar surface area (TPSA) is 60.9 Å². The second-order valence-electron chi connectivity index (χ2n) is 4.78. The summed E-state index contributed by atoms with van der Waals surface area (Å²) in [5, 5.41) is 4.39. The van der Waals surface area contributed by atoms with Gasteiger partial charge in [-0.3, -0.25) is 9.48 Å². The summed E-state index contributed by atoms with van der Waals surface area (Å²) in [6, 6.07) is 0. The lowest BCUT2D eigenvalue weighted by molar-refractivity contribution is -0.118. The number of carbonyl (C=O) groups excluding carboxylic acids is 1. The van der Waals surface area contributed by atoms with Gasteiger partial charge in [-0.2, -0.15) is 5.10 Å². The third-order valence-electron chi connectivity index (χ3n) is 3.19. The Bertz CT molecular complexity index is 415.